The molecule has 0 bridgehead atoms. The van der Waals surface area contributed by atoms with Crippen molar-refractivity contribution in [1.82, 2.24) is 10.6 Å². The number of carbonyl (C=O) groups excluding carboxylic acids is 1. The van der Waals surface area contributed by atoms with Crippen molar-refractivity contribution < 1.29 is 19.4 Å². The molecule has 0 heterocycles. The minimum absolute atomic E-state index is 0.209. The van der Waals surface area contributed by atoms with Crippen molar-refractivity contribution in [3.8, 4) is 0 Å². The van der Waals surface area contributed by atoms with Crippen LogP contribution in [0.3, 0.4) is 0 Å². The molecule has 94 valence electrons. The number of urea groups is 1. The number of rotatable bonds is 7. The summed E-state index contributed by atoms with van der Waals surface area (Å²) in [5, 5.41) is 13.8. The Morgan fingerprint density at radius 3 is 2.44 bits per heavy atom. The molecule has 0 aromatic carbocycles. The summed E-state index contributed by atoms with van der Waals surface area (Å²) in [5.74, 6) is -0.809. The lowest BCUT2D eigenvalue weighted by Gasteiger charge is -2.16. The van der Waals surface area contributed by atoms with Gasteiger partial charge in [-0.05, 0) is 12.3 Å². The average molecular weight is 232 g/mol. The summed E-state index contributed by atoms with van der Waals surface area (Å²) in [5.41, 5.74) is 0. The zero-order valence-corrected chi connectivity index (χ0v) is 9.95. The molecule has 0 fully saturated rings. The maximum Gasteiger partial charge on any atom is 0.326 e. The number of nitrogens with one attached hydrogen (secondary N) is 2. The van der Waals surface area contributed by atoms with Crippen LogP contribution in [-0.2, 0) is 9.53 Å². The summed E-state index contributed by atoms with van der Waals surface area (Å²) in [6.07, 6.45) is 0.410. The first-order chi connectivity index (χ1) is 7.47. The fourth-order valence-corrected chi connectivity index (χ4v) is 1.17. The number of hydrogen-bond donors (Lipinski definition) is 3. The maximum absolute atomic E-state index is 11.3. The van der Waals surface area contributed by atoms with Crippen molar-refractivity contribution in [2.75, 3.05) is 20.3 Å². The molecule has 0 radical (unpaired) electrons. The van der Waals surface area contributed by atoms with Crippen LogP contribution in [0.15, 0.2) is 0 Å². The van der Waals surface area contributed by atoms with Crippen LogP contribution < -0.4 is 10.6 Å². The highest BCUT2D eigenvalue weighted by Gasteiger charge is 2.20. The highest BCUT2D eigenvalue weighted by Crippen LogP contribution is 2.04. The number of carbonyl (C=O) groups is 2. The van der Waals surface area contributed by atoms with Crippen molar-refractivity contribution in [2.45, 2.75) is 26.3 Å². The predicted octanol–water partition coefficient (Wildman–Crippen LogP) is 0.431. The Balaban J connectivity index is 3.98. The van der Waals surface area contributed by atoms with Crippen molar-refractivity contribution in [1.29, 1.82) is 0 Å². The Kier molecular flexibility index (Phi) is 7.28. The van der Waals surface area contributed by atoms with E-state index in [1.807, 2.05) is 13.8 Å². The smallest absolute Gasteiger partial charge is 0.326 e. The van der Waals surface area contributed by atoms with E-state index in [-0.39, 0.29) is 5.92 Å². The Labute approximate surface area is 95.4 Å². The molecule has 2 amide bonds. The van der Waals surface area contributed by atoms with Crippen LogP contribution in [0.2, 0.25) is 0 Å². The minimum Gasteiger partial charge on any atom is -0.480 e. The molecule has 0 aromatic heterocycles. The highest BCUT2D eigenvalue weighted by molar-refractivity contribution is 5.82. The van der Waals surface area contributed by atoms with Crippen molar-refractivity contribution in [2.24, 2.45) is 5.92 Å². The van der Waals surface area contributed by atoms with Gasteiger partial charge in [-0.3, -0.25) is 0 Å². The average Bonchev–Trinajstić information content (AvgIpc) is 2.16. The Hall–Kier alpha value is -1.30. The second-order valence-electron chi connectivity index (χ2n) is 3.91. The number of ether oxygens (including phenoxy) is 1. The SMILES string of the molecule is COCCNC(=O)NC(CC(C)C)C(=O)O. The molecule has 16 heavy (non-hydrogen) atoms. The van der Waals surface area contributed by atoms with Gasteiger partial charge < -0.3 is 20.5 Å². The molecule has 0 saturated carbocycles. The molecule has 6 heteroatoms. The number of carboxylic acids is 1. The summed E-state index contributed by atoms with van der Waals surface area (Å²) < 4.78 is 4.75. The molecule has 0 aliphatic heterocycles. The third-order valence-electron chi connectivity index (χ3n) is 1.90. The molecular weight excluding hydrogens is 212 g/mol. The van der Waals surface area contributed by atoms with Gasteiger partial charge in [0.25, 0.3) is 0 Å². The summed E-state index contributed by atoms with van der Waals surface area (Å²) >= 11 is 0. The number of methoxy groups -OCH3 is 1. The first-order valence-corrected chi connectivity index (χ1v) is 5.23. The van der Waals surface area contributed by atoms with E-state index in [0.717, 1.165) is 0 Å². The van der Waals surface area contributed by atoms with Gasteiger partial charge in [-0.1, -0.05) is 13.8 Å². The van der Waals surface area contributed by atoms with Gasteiger partial charge in [0, 0.05) is 13.7 Å². The van der Waals surface area contributed by atoms with Crippen LogP contribution in [-0.4, -0.2) is 43.4 Å². The summed E-state index contributed by atoms with van der Waals surface area (Å²) in [7, 11) is 1.53. The van der Waals surface area contributed by atoms with Crippen LogP contribution in [0.1, 0.15) is 20.3 Å². The van der Waals surface area contributed by atoms with Gasteiger partial charge >= 0.3 is 12.0 Å². The van der Waals surface area contributed by atoms with Gasteiger partial charge in [-0.25, -0.2) is 9.59 Å². The number of aliphatic carboxylic acids is 1. The fourth-order valence-electron chi connectivity index (χ4n) is 1.17. The summed E-state index contributed by atoms with van der Waals surface area (Å²) in [6, 6.07) is -1.33. The maximum atomic E-state index is 11.3. The van der Waals surface area contributed by atoms with Crippen molar-refractivity contribution >= 4 is 12.0 Å². The van der Waals surface area contributed by atoms with E-state index >= 15 is 0 Å². The summed E-state index contributed by atoms with van der Waals surface area (Å²) in [6.45, 7) is 4.56. The Morgan fingerprint density at radius 1 is 1.38 bits per heavy atom. The van der Waals surface area contributed by atoms with E-state index in [9.17, 15) is 9.59 Å². The lowest BCUT2D eigenvalue weighted by atomic mass is 10.0. The number of carboxylic acid groups (broad SMARTS) is 1. The van der Waals surface area contributed by atoms with E-state index in [4.69, 9.17) is 9.84 Å². The van der Waals surface area contributed by atoms with Gasteiger partial charge in [0.15, 0.2) is 0 Å². The quantitative estimate of drug-likeness (QED) is 0.555. The zero-order chi connectivity index (χ0) is 12.6. The lowest BCUT2D eigenvalue weighted by Crippen LogP contribution is -2.47. The van der Waals surface area contributed by atoms with Crippen LogP contribution >= 0.6 is 0 Å². The standard InChI is InChI=1S/C10H20N2O4/c1-7(2)6-8(9(13)14)12-10(15)11-4-5-16-3/h7-8H,4-6H2,1-3H3,(H,13,14)(H2,11,12,15). The van der Waals surface area contributed by atoms with Crippen LogP contribution in [0, 0.1) is 5.92 Å². The predicted molar refractivity (Wildman–Crippen MR) is 59.3 cm³/mol. The third-order valence-corrected chi connectivity index (χ3v) is 1.90. The zero-order valence-electron chi connectivity index (χ0n) is 9.95. The summed E-state index contributed by atoms with van der Waals surface area (Å²) in [4.78, 5) is 22.1. The molecule has 0 rings (SSSR count). The molecule has 0 aliphatic carbocycles. The second kappa shape index (κ2) is 7.92. The molecule has 1 atom stereocenters. The molecule has 0 saturated heterocycles. The van der Waals surface area contributed by atoms with Gasteiger partial charge in [-0.2, -0.15) is 0 Å². The normalized spacial score (nSPS) is 12.2. The van der Waals surface area contributed by atoms with Crippen LogP contribution in [0.5, 0.6) is 0 Å². The topological polar surface area (TPSA) is 87.7 Å². The van der Waals surface area contributed by atoms with E-state index in [2.05, 4.69) is 10.6 Å². The third kappa shape index (κ3) is 7.05. The lowest BCUT2D eigenvalue weighted by molar-refractivity contribution is -0.139. The molecule has 0 aromatic rings. The van der Waals surface area contributed by atoms with Crippen LogP contribution in [0.25, 0.3) is 0 Å². The van der Waals surface area contributed by atoms with Crippen molar-refractivity contribution in [3.63, 3.8) is 0 Å². The first-order valence-electron chi connectivity index (χ1n) is 5.23. The Morgan fingerprint density at radius 2 is 2.00 bits per heavy atom. The van der Waals surface area contributed by atoms with E-state index in [1.165, 1.54) is 7.11 Å². The Bertz CT molecular complexity index is 231. The molecular formula is C10H20N2O4. The van der Waals surface area contributed by atoms with Gasteiger partial charge in [0.1, 0.15) is 6.04 Å². The van der Waals surface area contributed by atoms with Crippen molar-refractivity contribution in [3.05, 3.63) is 0 Å². The van der Waals surface area contributed by atoms with E-state index < -0.39 is 18.0 Å². The number of amides is 2. The largest absolute Gasteiger partial charge is 0.480 e. The van der Waals surface area contributed by atoms with E-state index in [1.54, 1.807) is 0 Å². The van der Waals surface area contributed by atoms with Gasteiger partial charge in [-0.15, -0.1) is 0 Å². The van der Waals surface area contributed by atoms with E-state index in [0.29, 0.717) is 19.6 Å². The molecule has 6 nitrogen and oxygen atoms in total. The molecule has 0 spiro atoms. The first kappa shape index (κ1) is 14.7. The van der Waals surface area contributed by atoms with Crippen LogP contribution in [0.4, 0.5) is 4.79 Å². The van der Waals surface area contributed by atoms with Gasteiger partial charge in [0.2, 0.25) is 0 Å². The second-order valence-corrected chi connectivity index (χ2v) is 3.91. The highest BCUT2D eigenvalue weighted by atomic mass is 16.5. The fraction of sp³-hybridized carbons (Fsp3) is 0.800. The monoisotopic (exact) mass is 232 g/mol. The minimum atomic E-state index is -1.02. The van der Waals surface area contributed by atoms with Gasteiger partial charge in [0.05, 0.1) is 6.61 Å². The molecule has 3 N–H and O–H groups in total. The molecule has 0 aliphatic rings. The molecule has 1 unspecified atom stereocenters. The number of hydrogen-bond acceptors (Lipinski definition) is 3.